The molecule has 100 valence electrons. The Labute approximate surface area is 125 Å². The van der Waals surface area contributed by atoms with Gasteiger partial charge in [0.15, 0.2) is 0 Å². The molecule has 2 N–H and O–H groups in total. The molecular weight excluding hydrogens is 328 g/mol. The van der Waals surface area contributed by atoms with Gasteiger partial charge in [-0.2, -0.15) is 0 Å². The Morgan fingerprint density at radius 1 is 1.37 bits per heavy atom. The second kappa shape index (κ2) is 6.37. The highest BCUT2D eigenvalue weighted by atomic mass is 79.9. The van der Waals surface area contributed by atoms with Crippen molar-refractivity contribution in [2.24, 2.45) is 5.73 Å². The van der Waals surface area contributed by atoms with Gasteiger partial charge in [-0.05, 0) is 31.2 Å². The fourth-order valence-corrected chi connectivity index (χ4v) is 2.45. The van der Waals surface area contributed by atoms with Gasteiger partial charge in [-0.1, -0.05) is 33.6 Å². The smallest absolute Gasteiger partial charge is 0.140 e. The zero-order chi connectivity index (χ0) is 13.8. The first kappa shape index (κ1) is 14.3. The van der Waals surface area contributed by atoms with Crippen LogP contribution in [0.1, 0.15) is 18.6 Å². The number of nitrogens with zero attached hydrogens (tertiary/aromatic N) is 1. The lowest BCUT2D eigenvalue weighted by atomic mass is 10.1. The first-order chi connectivity index (χ1) is 9.08. The molecule has 2 unspecified atom stereocenters. The molecule has 5 heteroatoms. The predicted octanol–water partition coefficient (Wildman–Crippen LogP) is 3.96. The normalized spacial score (nSPS) is 13.9. The van der Waals surface area contributed by atoms with Crippen LogP contribution in [0.4, 0.5) is 0 Å². The van der Waals surface area contributed by atoms with E-state index in [-0.39, 0.29) is 12.1 Å². The minimum atomic E-state index is -0.285. The number of aromatic nitrogens is 1. The van der Waals surface area contributed by atoms with Gasteiger partial charge in [0.1, 0.15) is 11.9 Å². The number of benzene rings is 1. The highest BCUT2D eigenvalue weighted by Crippen LogP contribution is 2.32. The highest BCUT2D eigenvalue weighted by Gasteiger charge is 2.19. The van der Waals surface area contributed by atoms with E-state index in [0.717, 1.165) is 10.0 Å². The third-order valence-electron chi connectivity index (χ3n) is 2.64. The summed E-state index contributed by atoms with van der Waals surface area (Å²) in [6.07, 6.45) is 3.18. The van der Waals surface area contributed by atoms with Crippen LogP contribution in [0.2, 0.25) is 5.02 Å². The lowest BCUT2D eigenvalue weighted by molar-refractivity contribution is 0.180. The zero-order valence-corrected chi connectivity index (χ0v) is 12.7. The van der Waals surface area contributed by atoms with Crippen molar-refractivity contribution < 1.29 is 4.74 Å². The summed E-state index contributed by atoms with van der Waals surface area (Å²) in [7, 11) is 0. The van der Waals surface area contributed by atoms with Crippen LogP contribution in [0.5, 0.6) is 5.75 Å². The van der Waals surface area contributed by atoms with Gasteiger partial charge in [0.2, 0.25) is 0 Å². The van der Waals surface area contributed by atoms with Crippen LogP contribution in [0.25, 0.3) is 0 Å². The number of halogens is 2. The summed E-state index contributed by atoms with van der Waals surface area (Å²) in [6.45, 7) is 1.89. The number of pyridine rings is 1. The number of nitrogens with two attached hydrogens (primary N) is 1. The van der Waals surface area contributed by atoms with Gasteiger partial charge in [-0.3, -0.25) is 4.98 Å². The van der Waals surface area contributed by atoms with Gasteiger partial charge in [0, 0.05) is 28.5 Å². The molecule has 0 fully saturated rings. The first-order valence-electron chi connectivity index (χ1n) is 5.85. The summed E-state index contributed by atoms with van der Waals surface area (Å²) >= 11 is 9.52. The molecule has 0 spiro atoms. The molecule has 0 bridgehead atoms. The number of hydrogen-bond acceptors (Lipinski definition) is 3. The van der Waals surface area contributed by atoms with Crippen molar-refractivity contribution in [3.63, 3.8) is 0 Å². The average Bonchev–Trinajstić information content (AvgIpc) is 2.38. The zero-order valence-electron chi connectivity index (χ0n) is 10.4. The third-order valence-corrected chi connectivity index (χ3v) is 3.43. The largest absolute Gasteiger partial charge is 0.482 e. The van der Waals surface area contributed by atoms with Crippen LogP contribution >= 0.6 is 27.5 Å². The first-order valence-corrected chi connectivity index (χ1v) is 7.02. The number of rotatable bonds is 4. The Hall–Kier alpha value is -1.10. The molecule has 2 atom stereocenters. The van der Waals surface area contributed by atoms with E-state index in [1.165, 1.54) is 0 Å². The maximum absolute atomic E-state index is 6.15. The lowest BCUT2D eigenvalue weighted by Crippen LogP contribution is -2.29. The summed E-state index contributed by atoms with van der Waals surface area (Å²) < 4.78 is 6.84. The summed E-state index contributed by atoms with van der Waals surface area (Å²) in [6, 6.07) is 9.11. The third kappa shape index (κ3) is 3.69. The van der Waals surface area contributed by atoms with E-state index in [4.69, 9.17) is 22.1 Å². The number of hydrogen-bond donors (Lipinski definition) is 1. The molecule has 3 nitrogen and oxygen atoms in total. The molecule has 2 rings (SSSR count). The van der Waals surface area contributed by atoms with E-state index >= 15 is 0 Å². The molecule has 0 aliphatic carbocycles. The van der Waals surface area contributed by atoms with Gasteiger partial charge >= 0.3 is 0 Å². The fourth-order valence-electron chi connectivity index (χ4n) is 1.73. The lowest BCUT2D eigenvalue weighted by Gasteiger charge is -2.23. The molecule has 0 saturated carbocycles. The van der Waals surface area contributed by atoms with Crippen LogP contribution in [-0.4, -0.2) is 11.0 Å². The molecular formula is C14H14BrClN2O. The fraction of sp³-hybridized carbons (Fsp3) is 0.214. The van der Waals surface area contributed by atoms with E-state index in [1.807, 2.05) is 31.2 Å². The van der Waals surface area contributed by atoms with Crippen molar-refractivity contribution in [2.45, 2.75) is 19.1 Å². The molecule has 1 aromatic carbocycles. The molecule has 2 aromatic rings. The molecule has 1 aromatic heterocycles. The van der Waals surface area contributed by atoms with E-state index in [9.17, 15) is 0 Å². The molecule has 0 saturated heterocycles. The van der Waals surface area contributed by atoms with Crippen molar-refractivity contribution in [3.8, 4) is 5.75 Å². The summed E-state index contributed by atoms with van der Waals surface area (Å²) in [5.41, 5.74) is 6.92. The van der Waals surface area contributed by atoms with E-state index in [2.05, 4.69) is 20.9 Å². The van der Waals surface area contributed by atoms with Crippen molar-refractivity contribution in [3.05, 3.63) is 57.8 Å². The Balaban J connectivity index is 2.27. The van der Waals surface area contributed by atoms with Gasteiger partial charge in [-0.15, -0.1) is 0 Å². The Bertz CT molecular complexity index is 548. The predicted molar refractivity (Wildman–Crippen MR) is 80.4 cm³/mol. The second-order valence-corrected chi connectivity index (χ2v) is 5.58. The van der Waals surface area contributed by atoms with Crippen LogP contribution < -0.4 is 10.5 Å². The summed E-state index contributed by atoms with van der Waals surface area (Å²) in [4.78, 5) is 4.09. The topological polar surface area (TPSA) is 48.1 Å². The maximum atomic E-state index is 6.15. The van der Waals surface area contributed by atoms with Gasteiger partial charge in [0.05, 0.1) is 5.02 Å². The average molecular weight is 342 g/mol. The number of ether oxygens (including phenoxy) is 1. The van der Waals surface area contributed by atoms with E-state index in [0.29, 0.717) is 10.8 Å². The molecule has 0 radical (unpaired) electrons. The van der Waals surface area contributed by atoms with Crippen LogP contribution in [-0.2, 0) is 0 Å². The van der Waals surface area contributed by atoms with E-state index < -0.39 is 0 Å². The SMILES string of the molecule is CC(N)C(Oc1ccc(Br)cc1Cl)c1cccnc1. The quantitative estimate of drug-likeness (QED) is 0.915. The monoisotopic (exact) mass is 340 g/mol. The Morgan fingerprint density at radius 3 is 2.74 bits per heavy atom. The Morgan fingerprint density at radius 2 is 2.16 bits per heavy atom. The van der Waals surface area contributed by atoms with Crippen molar-refractivity contribution >= 4 is 27.5 Å². The van der Waals surface area contributed by atoms with Crippen LogP contribution in [0, 0.1) is 0 Å². The van der Waals surface area contributed by atoms with Crippen LogP contribution in [0.15, 0.2) is 47.2 Å². The minimum absolute atomic E-state index is 0.177. The molecule has 0 aliphatic heterocycles. The van der Waals surface area contributed by atoms with E-state index in [1.54, 1.807) is 18.5 Å². The molecule has 1 heterocycles. The second-order valence-electron chi connectivity index (χ2n) is 4.26. The van der Waals surface area contributed by atoms with Crippen molar-refractivity contribution in [1.82, 2.24) is 4.98 Å². The molecule has 0 amide bonds. The van der Waals surface area contributed by atoms with Crippen LogP contribution in [0.3, 0.4) is 0 Å². The maximum Gasteiger partial charge on any atom is 0.140 e. The molecule has 0 aliphatic rings. The minimum Gasteiger partial charge on any atom is -0.482 e. The standard InChI is InChI=1S/C14H14BrClN2O/c1-9(17)14(10-3-2-6-18-8-10)19-13-5-4-11(15)7-12(13)16/h2-9,14H,17H2,1H3. The van der Waals surface area contributed by atoms with Crippen molar-refractivity contribution in [2.75, 3.05) is 0 Å². The molecule has 19 heavy (non-hydrogen) atoms. The van der Waals surface area contributed by atoms with Gasteiger partial charge in [-0.25, -0.2) is 0 Å². The van der Waals surface area contributed by atoms with Gasteiger partial charge in [0.25, 0.3) is 0 Å². The summed E-state index contributed by atoms with van der Waals surface area (Å²) in [5, 5.41) is 0.545. The Kier molecular flexibility index (Phi) is 4.80. The highest BCUT2D eigenvalue weighted by molar-refractivity contribution is 9.10. The summed E-state index contributed by atoms with van der Waals surface area (Å²) in [5.74, 6) is 0.607. The van der Waals surface area contributed by atoms with Crippen molar-refractivity contribution in [1.29, 1.82) is 0 Å². The van der Waals surface area contributed by atoms with Gasteiger partial charge < -0.3 is 10.5 Å².